The smallest absolute Gasteiger partial charge is 0.302 e. The Bertz CT molecular complexity index is 338. The summed E-state index contributed by atoms with van der Waals surface area (Å²) in [4.78, 5) is 10.6. The molecular formula is C11H13ClO3. The van der Waals surface area contributed by atoms with Crippen LogP contribution in [0.4, 0.5) is 0 Å². The number of rotatable bonds is 4. The van der Waals surface area contributed by atoms with E-state index in [9.17, 15) is 4.79 Å². The summed E-state index contributed by atoms with van der Waals surface area (Å²) >= 11 is 5.82. The lowest BCUT2D eigenvalue weighted by atomic mass is 10.0. The molecule has 0 aliphatic heterocycles. The van der Waals surface area contributed by atoms with Crippen LogP contribution in [0.2, 0.25) is 5.02 Å². The number of esters is 1. The monoisotopic (exact) mass is 228 g/mol. The molecule has 0 heterocycles. The topological polar surface area (TPSA) is 46.5 Å². The summed E-state index contributed by atoms with van der Waals surface area (Å²) in [6.45, 7) is 1.44. The van der Waals surface area contributed by atoms with Gasteiger partial charge in [0.25, 0.3) is 0 Å². The van der Waals surface area contributed by atoms with E-state index in [-0.39, 0.29) is 25.1 Å². The lowest BCUT2D eigenvalue weighted by Crippen LogP contribution is -2.14. The SMILES string of the molecule is CC(=O)OC[C@@H](CO)c1cccc(Cl)c1. The van der Waals surface area contributed by atoms with Crippen molar-refractivity contribution in [3.63, 3.8) is 0 Å². The van der Waals surface area contributed by atoms with E-state index in [0.717, 1.165) is 5.56 Å². The molecule has 1 aromatic carbocycles. The minimum absolute atomic E-state index is 0.0758. The molecule has 15 heavy (non-hydrogen) atoms. The third kappa shape index (κ3) is 3.90. The van der Waals surface area contributed by atoms with Crippen molar-refractivity contribution in [1.29, 1.82) is 0 Å². The molecule has 0 aliphatic carbocycles. The Hall–Kier alpha value is -1.06. The predicted molar refractivity (Wildman–Crippen MR) is 57.9 cm³/mol. The lowest BCUT2D eigenvalue weighted by molar-refractivity contribution is -0.141. The third-order valence-electron chi connectivity index (χ3n) is 2.03. The van der Waals surface area contributed by atoms with E-state index in [2.05, 4.69) is 0 Å². The van der Waals surface area contributed by atoms with Crippen LogP contribution in [-0.4, -0.2) is 24.3 Å². The molecule has 0 aliphatic rings. The van der Waals surface area contributed by atoms with Gasteiger partial charge in [-0.2, -0.15) is 0 Å². The highest BCUT2D eigenvalue weighted by Crippen LogP contribution is 2.19. The molecule has 0 spiro atoms. The Morgan fingerprint density at radius 1 is 1.60 bits per heavy atom. The number of carbonyl (C=O) groups is 1. The maximum absolute atomic E-state index is 10.6. The van der Waals surface area contributed by atoms with Gasteiger partial charge in [-0.25, -0.2) is 0 Å². The number of benzene rings is 1. The van der Waals surface area contributed by atoms with Crippen LogP contribution < -0.4 is 0 Å². The molecule has 82 valence electrons. The van der Waals surface area contributed by atoms with E-state index >= 15 is 0 Å². The Labute approximate surface area is 93.6 Å². The summed E-state index contributed by atoms with van der Waals surface area (Å²) in [6, 6.07) is 7.15. The van der Waals surface area contributed by atoms with Gasteiger partial charge in [-0.3, -0.25) is 4.79 Å². The molecule has 0 amide bonds. The number of carbonyl (C=O) groups excluding carboxylic acids is 1. The number of hydrogen-bond donors (Lipinski definition) is 1. The van der Waals surface area contributed by atoms with Crippen LogP contribution >= 0.6 is 11.6 Å². The fraction of sp³-hybridized carbons (Fsp3) is 0.364. The number of ether oxygens (including phenoxy) is 1. The first-order chi connectivity index (χ1) is 7.13. The summed E-state index contributed by atoms with van der Waals surface area (Å²) < 4.78 is 4.85. The average Bonchev–Trinajstić information content (AvgIpc) is 2.18. The van der Waals surface area contributed by atoms with Crippen molar-refractivity contribution in [2.24, 2.45) is 0 Å². The average molecular weight is 229 g/mol. The summed E-state index contributed by atoms with van der Waals surface area (Å²) in [5, 5.41) is 9.75. The lowest BCUT2D eigenvalue weighted by Gasteiger charge is -2.14. The highest BCUT2D eigenvalue weighted by atomic mass is 35.5. The normalized spacial score (nSPS) is 12.2. The van der Waals surface area contributed by atoms with E-state index < -0.39 is 0 Å². The molecule has 1 N–H and O–H groups in total. The van der Waals surface area contributed by atoms with Crippen LogP contribution in [-0.2, 0) is 9.53 Å². The molecule has 0 unspecified atom stereocenters. The van der Waals surface area contributed by atoms with Gasteiger partial charge < -0.3 is 9.84 Å². The zero-order valence-electron chi connectivity index (χ0n) is 8.44. The summed E-state index contributed by atoms with van der Waals surface area (Å²) in [5.41, 5.74) is 0.867. The van der Waals surface area contributed by atoms with Crippen molar-refractivity contribution in [2.75, 3.05) is 13.2 Å². The highest BCUT2D eigenvalue weighted by Gasteiger charge is 2.12. The third-order valence-corrected chi connectivity index (χ3v) is 2.26. The standard InChI is InChI=1S/C11H13ClO3/c1-8(14)15-7-10(6-13)9-3-2-4-11(12)5-9/h2-5,10,13H,6-7H2,1H3/t10-/m1/s1. The van der Waals surface area contributed by atoms with E-state index in [0.29, 0.717) is 5.02 Å². The molecule has 1 atom stereocenters. The molecule has 0 bridgehead atoms. The fourth-order valence-electron chi connectivity index (χ4n) is 1.23. The second-order valence-corrected chi connectivity index (χ2v) is 3.67. The molecular weight excluding hydrogens is 216 g/mol. The maximum Gasteiger partial charge on any atom is 0.302 e. The van der Waals surface area contributed by atoms with Crippen LogP contribution in [0, 0.1) is 0 Å². The second-order valence-electron chi connectivity index (χ2n) is 3.24. The Kier molecular flexibility index (Phi) is 4.59. The van der Waals surface area contributed by atoms with Crippen molar-refractivity contribution in [2.45, 2.75) is 12.8 Å². The molecule has 1 aromatic rings. The molecule has 3 nitrogen and oxygen atoms in total. The van der Waals surface area contributed by atoms with Crippen LogP contribution in [0.1, 0.15) is 18.4 Å². The van der Waals surface area contributed by atoms with E-state index in [1.54, 1.807) is 18.2 Å². The van der Waals surface area contributed by atoms with Crippen molar-refractivity contribution in [1.82, 2.24) is 0 Å². The van der Waals surface area contributed by atoms with Crippen molar-refractivity contribution in [3.8, 4) is 0 Å². The summed E-state index contributed by atoms with van der Waals surface area (Å²) in [6.07, 6.45) is 0. The molecule has 1 rings (SSSR count). The largest absolute Gasteiger partial charge is 0.465 e. The quantitative estimate of drug-likeness (QED) is 0.802. The van der Waals surface area contributed by atoms with Gasteiger partial charge in [0, 0.05) is 17.9 Å². The Balaban J connectivity index is 2.69. The molecule has 0 saturated carbocycles. The van der Waals surface area contributed by atoms with E-state index in [4.69, 9.17) is 21.4 Å². The molecule has 4 heteroatoms. The minimum atomic E-state index is -0.351. The highest BCUT2D eigenvalue weighted by molar-refractivity contribution is 6.30. The van der Waals surface area contributed by atoms with Crippen molar-refractivity contribution in [3.05, 3.63) is 34.9 Å². The number of aliphatic hydroxyl groups is 1. The van der Waals surface area contributed by atoms with Gasteiger partial charge in [0.15, 0.2) is 0 Å². The summed E-state index contributed by atoms with van der Waals surface area (Å²) in [7, 11) is 0. The van der Waals surface area contributed by atoms with Gasteiger partial charge in [0.05, 0.1) is 6.61 Å². The van der Waals surface area contributed by atoms with Crippen LogP contribution in [0.3, 0.4) is 0 Å². The van der Waals surface area contributed by atoms with Gasteiger partial charge in [-0.05, 0) is 17.7 Å². The Morgan fingerprint density at radius 2 is 2.33 bits per heavy atom. The number of aliphatic hydroxyl groups excluding tert-OH is 1. The fourth-order valence-corrected chi connectivity index (χ4v) is 1.43. The van der Waals surface area contributed by atoms with Crippen molar-refractivity contribution < 1.29 is 14.6 Å². The molecule has 0 radical (unpaired) electrons. The minimum Gasteiger partial charge on any atom is -0.465 e. The van der Waals surface area contributed by atoms with Gasteiger partial charge in [-0.15, -0.1) is 0 Å². The van der Waals surface area contributed by atoms with Gasteiger partial charge in [-0.1, -0.05) is 23.7 Å². The van der Waals surface area contributed by atoms with Crippen LogP contribution in [0.5, 0.6) is 0 Å². The van der Waals surface area contributed by atoms with Gasteiger partial charge >= 0.3 is 5.97 Å². The van der Waals surface area contributed by atoms with Crippen LogP contribution in [0.25, 0.3) is 0 Å². The Morgan fingerprint density at radius 3 is 2.87 bits per heavy atom. The van der Waals surface area contributed by atoms with E-state index in [1.165, 1.54) is 6.92 Å². The first-order valence-electron chi connectivity index (χ1n) is 4.63. The van der Waals surface area contributed by atoms with Crippen LogP contribution in [0.15, 0.2) is 24.3 Å². The first kappa shape index (κ1) is 12.0. The number of halogens is 1. The molecule has 0 aromatic heterocycles. The van der Waals surface area contributed by atoms with Gasteiger partial charge in [0.2, 0.25) is 0 Å². The molecule has 0 fully saturated rings. The zero-order valence-corrected chi connectivity index (χ0v) is 9.20. The van der Waals surface area contributed by atoms with Gasteiger partial charge in [0.1, 0.15) is 6.61 Å². The van der Waals surface area contributed by atoms with Crippen molar-refractivity contribution >= 4 is 17.6 Å². The van der Waals surface area contributed by atoms with E-state index in [1.807, 2.05) is 6.07 Å². The number of hydrogen-bond acceptors (Lipinski definition) is 3. The maximum atomic E-state index is 10.6. The zero-order chi connectivity index (χ0) is 11.3. The summed E-state index contributed by atoms with van der Waals surface area (Å²) in [5.74, 6) is -0.567. The second kappa shape index (κ2) is 5.73. The molecule has 0 saturated heterocycles. The predicted octanol–water partition coefficient (Wildman–Crippen LogP) is 1.98. The first-order valence-corrected chi connectivity index (χ1v) is 5.01.